The molecule has 7 rings (SSSR count). The lowest BCUT2D eigenvalue weighted by Crippen LogP contribution is -2.47. The lowest BCUT2D eigenvalue weighted by Gasteiger charge is -2.33. The first-order valence-electron chi connectivity index (χ1n) is 15.9. The van der Waals surface area contributed by atoms with Crippen LogP contribution in [-0.2, 0) is 37.8 Å². The molecule has 13 heteroatoms. The first-order chi connectivity index (χ1) is 22.5. The monoisotopic (exact) mass is 638 g/mol. The van der Waals surface area contributed by atoms with E-state index >= 15 is 0 Å². The summed E-state index contributed by atoms with van der Waals surface area (Å²) in [7, 11) is 1.54. The number of carbonyl (C=O) groups excluding carboxylic acids is 2. The number of ether oxygens (including phenoxy) is 1. The standard InChI is InChI=1S/C34H38N8O5/c1-20-19-47-12-11-40(20)31(44)21-5-6-29(36-17-21)37-26-14-25(38-39(4)32(26)45)23-7-8-35-30(24(23)18-43)42-10-9-41-27(33(42)46)13-22-15-34(2,3)16-28(22)41/h5-8,13-14,17,20,43H,9-12,15-16,18-19H2,1-4H3,(H,36,37). The third-order valence-corrected chi connectivity index (χ3v) is 9.31. The van der Waals surface area contributed by atoms with Crippen LogP contribution in [0.3, 0.4) is 0 Å². The molecule has 6 heterocycles. The van der Waals surface area contributed by atoms with Gasteiger partial charge in [-0.25, -0.2) is 14.6 Å². The van der Waals surface area contributed by atoms with E-state index in [1.165, 1.54) is 22.1 Å². The average molecular weight is 639 g/mol. The molecule has 4 aromatic heterocycles. The van der Waals surface area contributed by atoms with Gasteiger partial charge in [0.15, 0.2) is 0 Å². The van der Waals surface area contributed by atoms with Gasteiger partial charge in [-0.05, 0) is 61.1 Å². The fourth-order valence-corrected chi connectivity index (χ4v) is 6.98. The predicted octanol–water partition coefficient (Wildman–Crippen LogP) is 2.92. The van der Waals surface area contributed by atoms with Crippen LogP contribution < -0.4 is 15.8 Å². The third kappa shape index (κ3) is 5.48. The summed E-state index contributed by atoms with van der Waals surface area (Å²) in [6.07, 6.45) is 4.94. The quantitative estimate of drug-likeness (QED) is 0.325. The maximum atomic E-state index is 13.8. The molecule has 4 aromatic rings. The van der Waals surface area contributed by atoms with E-state index in [1.807, 2.05) is 13.0 Å². The summed E-state index contributed by atoms with van der Waals surface area (Å²) < 4.78 is 8.78. The summed E-state index contributed by atoms with van der Waals surface area (Å²) >= 11 is 0. The summed E-state index contributed by atoms with van der Waals surface area (Å²) in [5, 5.41) is 18.1. The molecule has 1 aliphatic carbocycles. The van der Waals surface area contributed by atoms with Gasteiger partial charge in [0.1, 0.15) is 23.0 Å². The van der Waals surface area contributed by atoms with Crippen LogP contribution in [0.5, 0.6) is 0 Å². The van der Waals surface area contributed by atoms with Crippen LogP contribution in [0.15, 0.2) is 47.5 Å². The van der Waals surface area contributed by atoms with Crippen molar-refractivity contribution in [3.8, 4) is 11.3 Å². The number of morpholine rings is 1. The fraction of sp³-hybridized carbons (Fsp3) is 0.412. The van der Waals surface area contributed by atoms with Gasteiger partial charge >= 0.3 is 0 Å². The van der Waals surface area contributed by atoms with E-state index < -0.39 is 0 Å². The second-order valence-corrected chi connectivity index (χ2v) is 13.3. The zero-order valence-corrected chi connectivity index (χ0v) is 27.0. The van der Waals surface area contributed by atoms with Crippen molar-refractivity contribution in [2.45, 2.75) is 52.8 Å². The number of pyridine rings is 2. The number of rotatable bonds is 6. The molecule has 47 heavy (non-hydrogen) atoms. The van der Waals surface area contributed by atoms with Gasteiger partial charge in [0.05, 0.1) is 37.1 Å². The van der Waals surface area contributed by atoms with Crippen LogP contribution in [0.1, 0.15) is 58.4 Å². The summed E-state index contributed by atoms with van der Waals surface area (Å²) in [5.41, 5.74) is 4.93. The minimum Gasteiger partial charge on any atom is -0.392 e. The second kappa shape index (κ2) is 11.7. The first-order valence-corrected chi connectivity index (χ1v) is 15.9. The summed E-state index contributed by atoms with van der Waals surface area (Å²) in [6, 6.07) is 8.60. The van der Waals surface area contributed by atoms with Crippen LogP contribution >= 0.6 is 0 Å². The zero-order chi connectivity index (χ0) is 33.0. The van der Waals surface area contributed by atoms with Gasteiger partial charge in [0.25, 0.3) is 17.4 Å². The van der Waals surface area contributed by atoms with Gasteiger partial charge in [0, 0.05) is 55.9 Å². The highest BCUT2D eigenvalue weighted by Gasteiger charge is 2.37. The zero-order valence-electron chi connectivity index (χ0n) is 27.0. The number of hydrogen-bond donors (Lipinski definition) is 2. The third-order valence-electron chi connectivity index (χ3n) is 9.31. The lowest BCUT2D eigenvalue weighted by molar-refractivity contribution is 0.00357. The number of aliphatic hydroxyl groups excluding tert-OH is 1. The SMILES string of the molecule is CC1COCCN1C(=O)c1ccc(Nc2cc(-c3ccnc(N4CCn5c(cc6c5CC(C)(C)C6)C4=O)c3CO)nn(C)c2=O)nc1. The molecule has 2 aliphatic heterocycles. The molecule has 13 nitrogen and oxygen atoms in total. The largest absolute Gasteiger partial charge is 0.392 e. The highest BCUT2D eigenvalue weighted by atomic mass is 16.5. The van der Waals surface area contributed by atoms with E-state index in [0.29, 0.717) is 72.6 Å². The van der Waals surface area contributed by atoms with Crippen LogP contribution in [0.25, 0.3) is 11.3 Å². The van der Waals surface area contributed by atoms with Crippen LogP contribution in [-0.4, -0.2) is 78.5 Å². The Morgan fingerprint density at radius 3 is 2.68 bits per heavy atom. The molecule has 0 radical (unpaired) electrons. The van der Waals surface area contributed by atoms with Crippen molar-refractivity contribution in [3.63, 3.8) is 0 Å². The number of fused-ring (bicyclic) bond motifs is 3. The summed E-state index contributed by atoms with van der Waals surface area (Å²) in [6.45, 7) is 8.61. The molecule has 244 valence electrons. The topological polar surface area (TPSA) is 148 Å². The molecule has 3 aliphatic rings. The van der Waals surface area contributed by atoms with Crippen molar-refractivity contribution in [1.82, 2.24) is 29.2 Å². The normalized spacial score (nSPS) is 18.7. The average Bonchev–Trinajstić information content (AvgIpc) is 3.55. The second-order valence-electron chi connectivity index (χ2n) is 13.3. The number of anilines is 3. The van der Waals surface area contributed by atoms with Gasteiger partial charge in [-0.2, -0.15) is 5.10 Å². The molecule has 1 unspecified atom stereocenters. The van der Waals surface area contributed by atoms with Crippen molar-refractivity contribution in [1.29, 1.82) is 0 Å². The minimum absolute atomic E-state index is 0.0299. The number of hydrogen-bond acceptors (Lipinski definition) is 9. The number of nitrogens with zero attached hydrogens (tertiary/aromatic N) is 7. The van der Waals surface area contributed by atoms with Gasteiger partial charge in [-0.15, -0.1) is 0 Å². The van der Waals surface area contributed by atoms with Crippen molar-refractivity contribution >= 4 is 29.1 Å². The van der Waals surface area contributed by atoms with Gasteiger partial charge < -0.3 is 24.6 Å². The van der Waals surface area contributed by atoms with Crippen molar-refractivity contribution < 1.29 is 19.4 Å². The molecule has 0 aromatic carbocycles. The van der Waals surface area contributed by atoms with E-state index in [-0.39, 0.29) is 41.1 Å². The highest BCUT2D eigenvalue weighted by molar-refractivity contribution is 6.06. The predicted molar refractivity (Wildman–Crippen MR) is 175 cm³/mol. The van der Waals surface area contributed by atoms with E-state index in [0.717, 1.165) is 12.8 Å². The number of amides is 2. The Morgan fingerprint density at radius 1 is 1.11 bits per heavy atom. The van der Waals surface area contributed by atoms with Crippen LogP contribution in [0, 0.1) is 5.41 Å². The Labute approximate surface area is 271 Å². The Balaban J connectivity index is 1.16. The Kier molecular flexibility index (Phi) is 7.68. The van der Waals surface area contributed by atoms with Crippen molar-refractivity contribution in [2.24, 2.45) is 12.5 Å². The Bertz CT molecular complexity index is 1950. The molecule has 1 fully saturated rings. The molecule has 0 spiro atoms. The Hall–Kier alpha value is -4.88. The summed E-state index contributed by atoms with van der Waals surface area (Å²) in [4.78, 5) is 52.3. The number of nitrogens with one attached hydrogen (secondary N) is 1. The van der Waals surface area contributed by atoms with Crippen molar-refractivity contribution in [2.75, 3.05) is 36.5 Å². The van der Waals surface area contributed by atoms with E-state index in [4.69, 9.17) is 4.74 Å². The molecule has 1 atom stereocenters. The van der Waals surface area contributed by atoms with E-state index in [9.17, 15) is 19.5 Å². The van der Waals surface area contributed by atoms with Crippen molar-refractivity contribution in [3.05, 3.63) is 81.2 Å². The number of carbonyl (C=O) groups is 2. The van der Waals surface area contributed by atoms with Gasteiger partial charge in [0.2, 0.25) is 0 Å². The maximum absolute atomic E-state index is 13.8. The first kappa shape index (κ1) is 30.8. The molecule has 2 amide bonds. The molecule has 0 saturated carbocycles. The molecule has 1 saturated heterocycles. The summed E-state index contributed by atoms with van der Waals surface area (Å²) in [5.74, 6) is 0.459. The minimum atomic E-state index is -0.389. The van der Waals surface area contributed by atoms with Crippen LogP contribution in [0.2, 0.25) is 0 Å². The number of aryl methyl sites for hydroxylation is 1. The Morgan fingerprint density at radius 2 is 1.94 bits per heavy atom. The number of aliphatic hydroxyl groups is 1. The molecule has 2 N–H and O–H groups in total. The molecule has 0 bridgehead atoms. The van der Waals surface area contributed by atoms with Gasteiger partial charge in [-0.1, -0.05) is 13.8 Å². The van der Waals surface area contributed by atoms with Crippen LogP contribution in [0.4, 0.5) is 17.3 Å². The lowest BCUT2D eigenvalue weighted by atomic mass is 9.90. The maximum Gasteiger partial charge on any atom is 0.290 e. The van der Waals surface area contributed by atoms with E-state index in [1.54, 1.807) is 47.3 Å². The molecular weight excluding hydrogens is 600 g/mol. The number of aromatic nitrogens is 5. The van der Waals surface area contributed by atoms with E-state index in [2.05, 4.69) is 38.8 Å². The highest BCUT2D eigenvalue weighted by Crippen LogP contribution is 2.40. The molecular formula is C34H38N8O5. The fourth-order valence-electron chi connectivity index (χ4n) is 6.98. The smallest absolute Gasteiger partial charge is 0.290 e. The van der Waals surface area contributed by atoms with Gasteiger partial charge in [-0.3, -0.25) is 19.3 Å².